The highest BCUT2D eigenvalue weighted by Gasteiger charge is 2.09. The molecule has 2 rings (SSSR count). The summed E-state index contributed by atoms with van der Waals surface area (Å²) in [6, 6.07) is 9.12. The van der Waals surface area contributed by atoms with Crippen LogP contribution in [0.15, 0.2) is 30.3 Å². The van der Waals surface area contributed by atoms with Crippen LogP contribution in [0.25, 0.3) is 0 Å². The highest BCUT2D eigenvalue weighted by Crippen LogP contribution is 2.33. The summed E-state index contributed by atoms with van der Waals surface area (Å²) >= 11 is 0. The monoisotopic (exact) mass is 288 g/mol. The van der Waals surface area contributed by atoms with Crippen molar-refractivity contribution in [3.05, 3.63) is 35.9 Å². The van der Waals surface area contributed by atoms with Gasteiger partial charge in [0.25, 0.3) is 0 Å². The first kappa shape index (κ1) is 15.0. The van der Waals surface area contributed by atoms with E-state index in [0.29, 0.717) is 35.6 Å². The third-order valence-electron chi connectivity index (χ3n) is 2.84. The van der Waals surface area contributed by atoms with Crippen LogP contribution in [0.1, 0.15) is 18.9 Å². The van der Waals surface area contributed by atoms with Gasteiger partial charge in [-0.2, -0.15) is 4.98 Å². The van der Waals surface area contributed by atoms with Gasteiger partial charge in [-0.25, -0.2) is 0 Å². The molecule has 0 fully saturated rings. The molecule has 0 atom stereocenters. The smallest absolute Gasteiger partial charge is 0.240 e. The molecule has 0 saturated carbocycles. The van der Waals surface area contributed by atoms with Crippen molar-refractivity contribution in [1.82, 2.24) is 4.98 Å². The lowest BCUT2D eigenvalue weighted by Gasteiger charge is -2.12. The van der Waals surface area contributed by atoms with E-state index in [9.17, 15) is 0 Å². The van der Waals surface area contributed by atoms with Crippen molar-refractivity contribution < 1.29 is 14.2 Å². The van der Waals surface area contributed by atoms with Crippen LogP contribution in [0.3, 0.4) is 0 Å². The van der Waals surface area contributed by atoms with Gasteiger partial charge in [0.1, 0.15) is 0 Å². The summed E-state index contributed by atoms with van der Waals surface area (Å²) < 4.78 is 16.6. The Bertz CT molecular complexity index is 614. The minimum Gasteiger partial charge on any atom is -0.493 e. The Kier molecular flexibility index (Phi) is 4.87. The zero-order chi connectivity index (χ0) is 15.2. The fourth-order valence-electron chi connectivity index (χ4n) is 1.78. The van der Waals surface area contributed by atoms with Gasteiger partial charge in [-0.15, -0.1) is 0 Å². The van der Waals surface area contributed by atoms with E-state index in [-0.39, 0.29) is 0 Å². The number of hydrogen-bond donors (Lipinski definition) is 1. The average Bonchev–Trinajstić information content (AvgIpc) is 2.49. The largest absolute Gasteiger partial charge is 0.493 e. The van der Waals surface area contributed by atoms with Gasteiger partial charge in [0.05, 0.1) is 19.4 Å². The summed E-state index contributed by atoms with van der Waals surface area (Å²) in [5.41, 5.74) is 7.42. The third-order valence-corrected chi connectivity index (χ3v) is 2.84. The molecule has 1 heterocycles. The van der Waals surface area contributed by atoms with Crippen molar-refractivity contribution >= 4 is 5.69 Å². The fourth-order valence-corrected chi connectivity index (χ4v) is 1.78. The zero-order valence-electron chi connectivity index (χ0n) is 12.6. The van der Waals surface area contributed by atoms with Crippen molar-refractivity contribution in [2.45, 2.75) is 20.3 Å². The minimum atomic E-state index is 0.389. The maximum atomic E-state index is 5.83. The molecule has 0 bridgehead atoms. The van der Waals surface area contributed by atoms with Crippen molar-refractivity contribution in [3.63, 3.8) is 0 Å². The topological polar surface area (TPSA) is 66.6 Å². The van der Waals surface area contributed by atoms with Crippen molar-refractivity contribution in [1.29, 1.82) is 0 Å². The number of benzene rings is 1. The zero-order valence-corrected chi connectivity index (χ0v) is 12.6. The summed E-state index contributed by atoms with van der Waals surface area (Å²) in [4.78, 5) is 4.28. The summed E-state index contributed by atoms with van der Waals surface area (Å²) in [5, 5.41) is 0. The van der Waals surface area contributed by atoms with E-state index in [1.807, 2.05) is 32.0 Å². The Morgan fingerprint density at radius 3 is 2.67 bits per heavy atom. The Morgan fingerprint density at radius 2 is 1.95 bits per heavy atom. The van der Waals surface area contributed by atoms with E-state index >= 15 is 0 Å². The quantitative estimate of drug-likeness (QED) is 0.880. The number of pyridine rings is 1. The molecule has 5 heteroatoms. The number of nitrogen functional groups attached to an aromatic ring is 1. The van der Waals surface area contributed by atoms with Crippen molar-refractivity contribution in [2.24, 2.45) is 0 Å². The molecule has 0 spiro atoms. The molecule has 0 aliphatic heterocycles. The van der Waals surface area contributed by atoms with Gasteiger partial charge in [0.2, 0.25) is 11.8 Å². The Morgan fingerprint density at radius 1 is 1.14 bits per heavy atom. The molecule has 0 unspecified atom stereocenters. The Labute approximate surface area is 124 Å². The van der Waals surface area contributed by atoms with Crippen LogP contribution in [0.2, 0.25) is 0 Å². The van der Waals surface area contributed by atoms with Crippen LogP contribution in [-0.4, -0.2) is 18.7 Å². The van der Waals surface area contributed by atoms with Crippen LogP contribution in [0, 0.1) is 6.92 Å². The number of aryl methyl sites for hydroxylation is 1. The predicted molar refractivity (Wildman–Crippen MR) is 82.2 cm³/mol. The van der Waals surface area contributed by atoms with E-state index in [1.54, 1.807) is 19.2 Å². The van der Waals surface area contributed by atoms with Crippen LogP contribution in [-0.2, 0) is 0 Å². The molecule has 0 saturated heterocycles. The molecule has 2 aromatic rings. The van der Waals surface area contributed by atoms with Gasteiger partial charge >= 0.3 is 0 Å². The lowest BCUT2D eigenvalue weighted by Crippen LogP contribution is -2.02. The fraction of sp³-hybridized carbons (Fsp3) is 0.312. The Balaban J connectivity index is 2.23. The van der Waals surface area contributed by atoms with E-state index in [4.69, 9.17) is 19.9 Å². The summed E-state index contributed by atoms with van der Waals surface area (Å²) in [5.74, 6) is 2.06. The lowest BCUT2D eigenvalue weighted by molar-refractivity contribution is 0.301. The molecule has 0 radical (unpaired) electrons. The van der Waals surface area contributed by atoms with Crippen LogP contribution in [0.4, 0.5) is 5.69 Å². The standard InChI is InChI=1S/C16H20N2O3/c1-4-9-20-16-12(17)6-8-15(18-16)21-13-7-5-11(2)10-14(13)19-3/h5-8,10H,4,9,17H2,1-3H3. The van der Waals surface area contributed by atoms with Gasteiger partial charge in [-0.3, -0.25) is 0 Å². The Hall–Kier alpha value is -2.43. The molecule has 1 aromatic carbocycles. The second kappa shape index (κ2) is 6.83. The van der Waals surface area contributed by atoms with E-state index in [2.05, 4.69) is 4.98 Å². The molecular formula is C16H20N2O3. The highest BCUT2D eigenvalue weighted by atomic mass is 16.5. The first-order valence-electron chi connectivity index (χ1n) is 6.86. The van der Waals surface area contributed by atoms with Crippen molar-refractivity contribution in [2.75, 3.05) is 19.5 Å². The molecule has 2 N–H and O–H groups in total. The molecule has 0 amide bonds. The summed E-state index contributed by atoms with van der Waals surface area (Å²) in [6.45, 7) is 4.58. The molecule has 0 aliphatic carbocycles. The van der Waals surface area contributed by atoms with Crippen LogP contribution < -0.4 is 19.9 Å². The molecule has 21 heavy (non-hydrogen) atoms. The molecule has 1 aromatic heterocycles. The molecule has 112 valence electrons. The van der Waals surface area contributed by atoms with Crippen LogP contribution in [0.5, 0.6) is 23.3 Å². The van der Waals surface area contributed by atoms with Gasteiger partial charge in [-0.1, -0.05) is 13.0 Å². The third kappa shape index (κ3) is 3.78. The number of nitrogens with two attached hydrogens (primary N) is 1. The first-order valence-corrected chi connectivity index (χ1v) is 6.86. The predicted octanol–water partition coefficient (Wildman–Crippen LogP) is 3.56. The summed E-state index contributed by atoms with van der Waals surface area (Å²) in [7, 11) is 1.60. The molecule has 0 aliphatic rings. The van der Waals surface area contributed by atoms with Gasteiger partial charge in [0, 0.05) is 6.07 Å². The molecular weight excluding hydrogens is 268 g/mol. The van der Waals surface area contributed by atoms with E-state index in [0.717, 1.165) is 12.0 Å². The number of rotatable bonds is 6. The van der Waals surface area contributed by atoms with E-state index in [1.165, 1.54) is 0 Å². The normalized spacial score (nSPS) is 10.2. The molecule has 5 nitrogen and oxygen atoms in total. The van der Waals surface area contributed by atoms with Crippen LogP contribution >= 0.6 is 0 Å². The average molecular weight is 288 g/mol. The lowest BCUT2D eigenvalue weighted by atomic mass is 10.2. The maximum absolute atomic E-state index is 5.83. The number of anilines is 1. The van der Waals surface area contributed by atoms with E-state index < -0.39 is 0 Å². The second-order valence-corrected chi connectivity index (χ2v) is 4.65. The minimum absolute atomic E-state index is 0.389. The number of methoxy groups -OCH3 is 1. The number of ether oxygens (including phenoxy) is 3. The second-order valence-electron chi connectivity index (χ2n) is 4.65. The number of aromatic nitrogens is 1. The number of hydrogen-bond acceptors (Lipinski definition) is 5. The number of nitrogens with zero attached hydrogens (tertiary/aromatic N) is 1. The van der Waals surface area contributed by atoms with Gasteiger partial charge in [0.15, 0.2) is 11.5 Å². The van der Waals surface area contributed by atoms with Crippen molar-refractivity contribution in [3.8, 4) is 23.3 Å². The summed E-state index contributed by atoms with van der Waals surface area (Å²) in [6.07, 6.45) is 0.887. The first-order chi connectivity index (χ1) is 10.1. The van der Waals surface area contributed by atoms with Gasteiger partial charge < -0.3 is 19.9 Å². The maximum Gasteiger partial charge on any atom is 0.240 e. The SMILES string of the molecule is CCCOc1nc(Oc2ccc(C)cc2OC)ccc1N. The highest BCUT2D eigenvalue weighted by molar-refractivity contribution is 5.50. The van der Waals surface area contributed by atoms with Gasteiger partial charge in [-0.05, 0) is 37.1 Å².